The molecule has 3 rings (SSSR count). The van der Waals surface area contributed by atoms with Crippen LogP contribution in [0.2, 0.25) is 0 Å². The highest BCUT2D eigenvalue weighted by Crippen LogP contribution is 2.48. The Bertz CT molecular complexity index is 467. The Morgan fingerprint density at radius 2 is 1.74 bits per heavy atom. The molecule has 1 unspecified atom stereocenters. The topological polar surface area (TPSA) is 64.7 Å². The quantitative estimate of drug-likeness (QED) is 0.873. The minimum Gasteiger partial charge on any atom is -0.493 e. The molecule has 4 nitrogen and oxygen atoms in total. The largest absolute Gasteiger partial charge is 0.493 e. The fourth-order valence-electron chi connectivity index (χ4n) is 2.89. The van der Waals surface area contributed by atoms with Crippen LogP contribution in [0.5, 0.6) is 11.5 Å². The molecule has 0 bridgehead atoms. The first-order valence-electron chi connectivity index (χ1n) is 6.75. The minimum atomic E-state index is -0.685. The summed E-state index contributed by atoms with van der Waals surface area (Å²) in [6.45, 7) is 1.62. The van der Waals surface area contributed by atoms with Crippen LogP contribution in [0.25, 0.3) is 0 Å². The molecule has 3 N–H and O–H groups in total. The van der Waals surface area contributed by atoms with E-state index in [4.69, 9.17) is 15.2 Å². The van der Waals surface area contributed by atoms with E-state index in [1.807, 2.05) is 0 Å². The van der Waals surface area contributed by atoms with Crippen LogP contribution in [0.15, 0.2) is 4.47 Å². The van der Waals surface area contributed by atoms with Gasteiger partial charge in [-0.05, 0) is 41.6 Å². The Morgan fingerprint density at radius 1 is 1.11 bits per heavy atom. The third-order valence-electron chi connectivity index (χ3n) is 3.77. The van der Waals surface area contributed by atoms with Crippen molar-refractivity contribution in [2.45, 2.75) is 31.8 Å². The van der Waals surface area contributed by atoms with Crippen molar-refractivity contribution in [3.63, 3.8) is 0 Å². The van der Waals surface area contributed by atoms with E-state index in [9.17, 15) is 5.11 Å². The minimum absolute atomic E-state index is 0.198. The first-order chi connectivity index (χ1) is 9.24. The smallest absolute Gasteiger partial charge is 0.137 e. The Kier molecular flexibility index (Phi) is 3.69. The summed E-state index contributed by atoms with van der Waals surface area (Å²) in [7, 11) is 0. The summed E-state index contributed by atoms with van der Waals surface area (Å²) in [6, 6.07) is 0. The van der Waals surface area contributed by atoms with Gasteiger partial charge in [-0.25, -0.2) is 0 Å². The lowest BCUT2D eigenvalue weighted by molar-refractivity contribution is 0.172. The van der Waals surface area contributed by atoms with Gasteiger partial charge in [0.05, 0.1) is 23.8 Å². The number of aliphatic hydroxyl groups is 1. The molecular formula is C14H18BrNO3. The van der Waals surface area contributed by atoms with E-state index < -0.39 is 6.10 Å². The summed E-state index contributed by atoms with van der Waals surface area (Å²) in [6.07, 6.45) is 3.11. The molecule has 0 amide bonds. The molecule has 0 fully saturated rings. The number of benzene rings is 1. The third-order valence-corrected chi connectivity index (χ3v) is 4.61. The standard InChI is InChI=1S/C14H18BrNO3/c15-12-9-4-2-5-18-13(9)11(10(17)7-16)8-3-1-6-19-14(8)12/h10,17H,1-7,16H2. The van der Waals surface area contributed by atoms with Crippen molar-refractivity contribution >= 4 is 15.9 Å². The van der Waals surface area contributed by atoms with Crippen molar-refractivity contribution in [1.82, 2.24) is 0 Å². The van der Waals surface area contributed by atoms with Crippen LogP contribution in [0.3, 0.4) is 0 Å². The van der Waals surface area contributed by atoms with Crippen LogP contribution in [-0.4, -0.2) is 24.9 Å². The van der Waals surface area contributed by atoms with E-state index in [0.29, 0.717) is 6.61 Å². The Morgan fingerprint density at radius 3 is 2.42 bits per heavy atom. The molecule has 1 atom stereocenters. The van der Waals surface area contributed by atoms with Gasteiger partial charge < -0.3 is 20.3 Å². The van der Waals surface area contributed by atoms with Crippen LogP contribution in [0.1, 0.15) is 35.6 Å². The normalized spacial score (nSPS) is 18.9. The maximum absolute atomic E-state index is 10.3. The number of ether oxygens (including phenoxy) is 2. The number of hydrogen-bond acceptors (Lipinski definition) is 4. The summed E-state index contributed by atoms with van der Waals surface area (Å²) < 4.78 is 12.6. The maximum atomic E-state index is 10.3. The number of aliphatic hydroxyl groups excluding tert-OH is 1. The van der Waals surface area contributed by atoms with Gasteiger partial charge in [-0.15, -0.1) is 0 Å². The van der Waals surface area contributed by atoms with E-state index in [1.54, 1.807) is 0 Å². The zero-order valence-electron chi connectivity index (χ0n) is 10.7. The molecule has 0 aliphatic carbocycles. The lowest BCUT2D eigenvalue weighted by Gasteiger charge is -2.30. The number of rotatable bonds is 2. The van der Waals surface area contributed by atoms with E-state index in [2.05, 4.69) is 15.9 Å². The van der Waals surface area contributed by atoms with Gasteiger partial charge in [0.25, 0.3) is 0 Å². The van der Waals surface area contributed by atoms with Crippen LogP contribution in [0, 0.1) is 0 Å². The van der Waals surface area contributed by atoms with Crippen LogP contribution in [0.4, 0.5) is 0 Å². The fourth-order valence-corrected chi connectivity index (χ4v) is 3.63. The summed E-state index contributed by atoms with van der Waals surface area (Å²) in [5, 5.41) is 10.3. The number of halogens is 1. The first-order valence-corrected chi connectivity index (χ1v) is 7.54. The molecule has 0 saturated carbocycles. The third kappa shape index (κ3) is 2.14. The Labute approximate surface area is 121 Å². The summed E-state index contributed by atoms with van der Waals surface area (Å²) in [4.78, 5) is 0. The van der Waals surface area contributed by atoms with Crippen molar-refractivity contribution in [2.24, 2.45) is 5.73 Å². The zero-order valence-corrected chi connectivity index (χ0v) is 12.3. The van der Waals surface area contributed by atoms with Gasteiger partial charge >= 0.3 is 0 Å². The SMILES string of the molecule is NCC(O)c1c2c(c(Br)c3c1OCCC3)OCCC2. The van der Waals surface area contributed by atoms with Gasteiger partial charge in [0.15, 0.2) is 0 Å². The van der Waals surface area contributed by atoms with Gasteiger partial charge in [-0.1, -0.05) is 0 Å². The van der Waals surface area contributed by atoms with Crippen molar-refractivity contribution < 1.29 is 14.6 Å². The monoisotopic (exact) mass is 327 g/mol. The van der Waals surface area contributed by atoms with Crippen molar-refractivity contribution in [2.75, 3.05) is 19.8 Å². The number of hydrogen-bond donors (Lipinski definition) is 2. The Balaban J connectivity index is 2.25. The summed E-state index contributed by atoms with van der Waals surface area (Å²) >= 11 is 3.64. The molecule has 2 aliphatic heterocycles. The molecule has 0 aromatic heterocycles. The van der Waals surface area contributed by atoms with E-state index >= 15 is 0 Å². The molecule has 5 heteroatoms. The molecule has 0 radical (unpaired) electrons. The van der Waals surface area contributed by atoms with Crippen molar-refractivity contribution in [1.29, 1.82) is 0 Å². The lowest BCUT2D eigenvalue weighted by Crippen LogP contribution is -2.22. The average Bonchev–Trinajstić information content (AvgIpc) is 2.47. The molecule has 1 aromatic rings. The summed E-state index contributed by atoms with van der Waals surface area (Å²) in [5.41, 5.74) is 8.65. The highest BCUT2D eigenvalue weighted by molar-refractivity contribution is 9.10. The highest BCUT2D eigenvalue weighted by atomic mass is 79.9. The number of fused-ring (bicyclic) bond motifs is 2. The average molecular weight is 328 g/mol. The number of nitrogens with two attached hydrogens (primary N) is 1. The summed E-state index contributed by atoms with van der Waals surface area (Å²) in [5.74, 6) is 1.69. The second-order valence-electron chi connectivity index (χ2n) is 5.00. The molecule has 2 heterocycles. The van der Waals surface area contributed by atoms with Crippen molar-refractivity contribution in [3.05, 3.63) is 21.2 Å². The molecule has 104 valence electrons. The second-order valence-corrected chi connectivity index (χ2v) is 5.79. The van der Waals surface area contributed by atoms with Crippen molar-refractivity contribution in [3.8, 4) is 11.5 Å². The molecular weight excluding hydrogens is 310 g/mol. The Hall–Kier alpha value is -0.780. The van der Waals surface area contributed by atoms with E-state index in [-0.39, 0.29) is 6.54 Å². The predicted molar refractivity (Wildman–Crippen MR) is 75.8 cm³/mol. The second kappa shape index (κ2) is 5.31. The molecule has 0 saturated heterocycles. The van der Waals surface area contributed by atoms with Gasteiger partial charge in [0.1, 0.15) is 11.5 Å². The van der Waals surface area contributed by atoms with E-state index in [1.165, 1.54) is 0 Å². The van der Waals surface area contributed by atoms with E-state index in [0.717, 1.165) is 65.0 Å². The van der Waals surface area contributed by atoms with Crippen LogP contribution >= 0.6 is 15.9 Å². The van der Waals surface area contributed by atoms with Gasteiger partial charge in [-0.2, -0.15) is 0 Å². The molecule has 1 aromatic carbocycles. The predicted octanol–water partition coefficient (Wildman–Crippen LogP) is 2.09. The molecule has 0 spiro atoms. The van der Waals surface area contributed by atoms with Gasteiger partial charge in [0, 0.05) is 23.2 Å². The van der Waals surface area contributed by atoms with Crippen LogP contribution in [-0.2, 0) is 12.8 Å². The van der Waals surface area contributed by atoms with Gasteiger partial charge in [-0.3, -0.25) is 0 Å². The van der Waals surface area contributed by atoms with Gasteiger partial charge in [0.2, 0.25) is 0 Å². The maximum Gasteiger partial charge on any atom is 0.137 e. The molecule has 2 aliphatic rings. The first kappa shape index (κ1) is 13.2. The fraction of sp³-hybridized carbons (Fsp3) is 0.571. The molecule has 19 heavy (non-hydrogen) atoms. The zero-order chi connectivity index (χ0) is 13.4. The highest BCUT2D eigenvalue weighted by Gasteiger charge is 2.30. The van der Waals surface area contributed by atoms with Crippen LogP contribution < -0.4 is 15.2 Å². The lowest BCUT2D eigenvalue weighted by atomic mass is 9.90.